The third kappa shape index (κ3) is 7.13. The van der Waals surface area contributed by atoms with Crippen molar-refractivity contribution < 1.29 is 4.74 Å². The Labute approximate surface area is 263 Å². The normalized spacial score (nSPS) is 14.3. The maximum absolute atomic E-state index is 9.27. The number of nitriles is 1. The molecule has 0 atom stereocenters. The quantitative estimate of drug-likeness (QED) is 0.162. The van der Waals surface area contributed by atoms with Crippen LogP contribution < -0.4 is 4.74 Å². The zero-order chi connectivity index (χ0) is 29.6. The third-order valence-corrected chi connectivity index (χ3v) is 9.93. The van der Waals surface area contributed by atoms with E-state index < -0.39 is 0 Å². The molecule has 5 aromatic rings. The van der Waals surface area contributed by atoms with Crippen molar-refractivity contribution in [3.8, 4) is 28.8 Å². The van der Waals surface area contributed by atoms with Gasteiger partial charge in [0.2, 0.25) is 0 Å². The summed E-state index contributed by atoms with van der Waals surface area (Å²) >= 11 is 7.94. The molecule has 2 aromatic heterocycles. The first-order chi connectivity index (χ1) is 21.1. The number of aromatic amines is 1. The highest BCUT2D eigenvalue weighted by Crippen LogP contribution is 2.38. The molecular weight excluding hydrogens is 572 g/mol. The number of aryl methyl sites for hydroxylation is 2. The molecule has 0 bridgehead atoms. The fourth-order valence-corrected chi connectivity index (χ4v) is 7.37. The molecule has 7 heteroatoms. The van der Waals surface area contributed by atoms with Gasteiger partial charge >= 0.3 is 0 Å². The number of nitrogens with zero attached hydrogens (tertiary/aromatic N) is 3. The van der Waals surface area contributed by atoms with Gasteiger partial charge < -0.3 is 14.6 Å². The van der Waals surface area contributed by atoms with Crippen LogP contribution in [0, 0.1) is 11.3 Å². The van der Waals surface area contributed by atoms with Crippen LogP contribution in [0.1, 0.15) is 66.0 Å². The number of nitrogens with one attached hydrogen (secondary N) is 1. The first kappa shape index (κ1) is 29.4. The highest BCUT2D eigenvalue weighted by Gasteiger charge is 2.25. The summed E-state index contributed by atoms with van der Waals surface area (Å²) in [7, 11) is 0. The fraction of sp³-hybridized carbons (Fsp3) is 0.333. The number of hydrogen-bond donors (Lipinski definition) is 1. The van der Waals surface area contributed by atoms with Crippen LogP contribution in [-0.4, -0.2) is 34.5 Å². The Morgan fingerprint density at radius 2 is 1.74 bits per heavy atom. The molecule has 6 rings (SSSR count). The second kappa shape index (κ2) is 13.8. The summed E-state index contributed by atoms with van der Waals surface area (Å²) in [6, 6.07) is 23.9. The predicted octanol–water partition coefficient (Wildman–Crippen LogP) is 9.76. The van der Waals surface area contributed by atoms with Crippen LogP contribution in [0.5, 0.6) is 11.5 Å². The van der Waals surface area contributed by atoms with Gasteiger partial charge in [0.05, 0.1) is 22.3 Å². The number of H-pyrrole nitrogens is 1. The van der Waals surface area contributed by atoms with Crippen LogP contribution >= 0.6 is 22.9 Å². The Morgan fingerprint density at radius 3 is 2.47 bits per heavy atom. The Morgan fingerprint density at radius 1 is 1.00 bits per heavy atom. The Kier molecular flexibility index (Phi) is 9.43. The minimum atomic E-state index is 0.529. The van der Waals surface area contributed by atoms with Crippen molar-refractivity contribution in [1.29, 1.82) is 5.26 Å². The number of halogens is 1. The summed E-state index contributed by atoms with van der Waals surface area (Å²) in [5.41, 5.74) is 5.44. The lowest BCUT2D eigenvalue weighted by molar-refractivity contribution is 0.210. The summed E-state index contributed by atoms with van der Waals surface area (Å²) in [4.78, 5) is 12.6. The summed E-state index contributed by atoms with van der Waals surface area (Å²) in [5.74, 6) is 2.11. The van der Waals surface area contributed by atoms with E-state index in [2.05, 4.69) is 41.2 Å². The molecule has 0 radical (unpaired) electrons. The molecule has 3 heterocycles. The van der Waals surface area contributed by atoms with Crippen molar-refractivity contribution in [3.63, 3.8) is 0 Å². The Bertz CT molecular complexity index is 1690. The van der Waals surface area contributed by atoms with Crippen LogP contribution in [0.2, 0.25) is 5.02 Å². The van der Waals surface area contributed by atoms with Crippen molar-refractivity contribution in [2.24, 2.45) is 0 Å². The van der Waals surface area contributed by atoms with Gasteiger partial charge in [-0.2, -0.15) is 5.26 Å². The predicted molar refractivity (Wildman–Crippen MR) is 177 cm³/mol. The van der Waals surface area contributed by atoms with E-state index in [0.29, 0.717) is 10.9 Å². The number of piperidine rings is 1. The molecule has 5 nitrogen and oxygen atoms in total. The van der Waals surface area contributed by atoms with Gasteiger partial charge in [-0.3, -0.25) is 0 Å². The van der Waals surface area contributed by atoms with Crippen molar-refractivity contribution in [2.75, 3.05) is 19.6 Å². The molecule has 1 aliphatic heterocycles. The molecule has 1 N–H and O–H groups in total. The summed E-state index contributed by atoms with van der Waals surface area (Å²) in [5, 5.41) is 12.5. The van der Waals surface area contributed by atoms with E-state index in [4.69, 9.17) is 21.3 Å². The molecule has 0 spiro atoms. The number of rotatable bonds is 11. The molecule has 0 aliphatic carbocycles. The molecule has 3 aromatic carbocycles. The standard InChI is InChI=1S/C36H37ClN4OS/c1-2-3-6-34-35(26-8-12-30(13-9-26)42-31-14-10-29(37)11-15-31)40-36(43-34)27-17-20-41(21-18-27)19-4-5-28-24-39-33-16-7-25(23-38)22-32(28)33/h7-16,22,24,27,39H,2-6,17-21H2,1H3. The second-order valence-corrected chi connectivity index (χ2v) is 13.0. The van der Waals surface area contributed by atoms with Gasteiger partial charge in [-0.1, -0.05) is 24.9 Å². The van der Waals surface area contributed by atoms with Crippen molar-refractivity contribution in [2.45, 2.75) is 57.8 Å². The van der Waals surface area contributed by atoms with Gasteiger partial charge in [-0.05, 0) is 130 Å². The Hall–Kier alpha value is -3.63. The SMILES string of the molecule is CCCCc1sc(C2CCN(CCCc3c[nH]c4ccc(C#N)cc34)CC2)nc1-c1ccc(Oc2ccc(Cl)cc2)cc1. The number of likely N-dealkylation sites (tertiary alicyclic amines) is 1. The van der Waals surface area contributed by atoms with Crippen LogP contribution in [0.4, 0.5) is 0 Å². The molecule has 0 saturated carbocycles. The van der Waals surface area contributed by atoms with Crippen LogP contribution in [0.3, 0.4) is 0 Å². The highest BCUT2D eigenvalue weighted by molar-refractivity contribution is 7.12. The number of fused-ring (bicyclic) bond motifs is 1. The maximum atomic E-state index is 9.27. The average Bonchev–Trinajstić information content (AvgIpc) is 3.66. The summed E-state index contributed by atoms with van der Waals surface area (Å²) in [6.07, 6.45) is 10.0. The average molecular weight is 609 g/mol. The molecule has 1 saturated heterocycles. The van der Waals surface area contributed by atoms with E-state index >= 15 is 0 Å². The van der Waals surface area contributed by atoms with Crippen molar-refractivity contribution >= 4 is 33.8 Å². The fourth-order valence-electron chi connectivity index (χ4n) is 5.95. The van der Waals surface area contributed by atoms with E-state index in [1.807, 2.05) is 65.9 Å². The number of thiazole rings is 1. The van der Waals surface area contributed by atoms with Crippen LogP contribution in [0.15, 0.2) is 72.9 Å². The van der Waals surface area contributed by atoms with E-state index in [1.165, 1.54) is 33.7 Å². The van der Waals surface area contributed by atoms with Gasteiger partial charge in [0.15, 0.2) is 0 Å². The number of ether oxygens (including phenoxy) is 1. The Balaban J connectivity index is 1.06. The van der Waals surface area contributed by atoms with E-state index in [1.54, 1.807) is 0 Å². The lowest BCUT2D eigenvalue weighted by Gasteiger charge is -2.31. The monoisotopic (exact) mass is 608 g/mol. The van der Waals surface area contributed by atoms with Gasteiger partial charge in [0, 0.05) is 38.5 Å². The molecule has 43 heavy (non-hydrogen) atoms. The maximum Gasteiger partial charge on any atom is 0.127 e. The number of hydrogen-bond acceptors (Lipinski definition) is 5. The first-order valence-electron chi connectivity index (χ1n) is 15.4. The number of aromatic nitrogens is 2. The topological polar surface area (TPSA) is 64.9 Å². The van der Waals surface area contributed by atoms with E-state index in [0.717, 1.165) is 85.6 Å². The summed E-state index contributed by atoms with van der Waals surface area (Å²) < 4.78 is 6.01. The van der Waals surface area contributed by atoms with Crippen molar-refractivity contribution in [1.82, 2.24) is 14.9 Å². The van der Waals surface area contributed by atoms with Crippen LogP contribution in [-0.2, 0) is 12.8 Å². The number of benzene rings is 3. The molecule has 220 valence electrons. The molecule has 0 amide bonds. The molecule has 1 aliphatic rings. The third-order valence-electron chi connectivity index (χ3n) is 8.40. The first-order valence-corrected chi connectivity index (χ1v) is 16.5. The van der Waals surface area contributed by atoms with Gasteiger partial charge in [-0.15, -0.1) is 11.3 Å². The lowest BCUT2D eigenvalue weighted by Crippen LogP contribution is -2.33. The smallest absolute Gasteiger partial charge is 0.127 e. The minimum Gasteiger partial charge on any atom is -0.457 e. The van der Waals surface area contributed by atoms with E-state index in [-0.39, 0.29) is 0 Å². The lowest BCUT2D eigenvalue weighted by atomic mass is 9.97. The molecular formula is C36H37ClN4OS. The van der Waals surface area contributed by atoms with E-state index in [9.17, 15) is 5.26 Å². The van der Waals surface area contributed by atoms with Gasteiger partial charge in [0.25, 0.3) is 0 Å². The van der Waals surface area contributed by atoms with Crippen LogP contribution in [0.25, 0.3) is 22.2 Å². The molecule has 0 unspecified atom stereocenters. The second-order valence-electron chi connectivity index (χ2n) is 11.4. The highest BCUT2D eigenvalue weighted by atomic mass is 35.5. The molecule has 1 fully saturated rings. The summed E-state index contributed by atoms with van der Waals surface area (Å²) in [6.45, 7) is 5.59. The van der Waals surface area contributed by atoms with Gasteiger partial charge in [0.1, 0.15) is 11.5 Å². The van der Waals surface area contributed by atoms with Crippen molar-refractivity contribution in [3.05, 3.63) is 99.0 Å². The zero-order valence-electron chi connectivity index (χ0n) is 24.6. The zero-order valence-corrected chi connectivity index (χ0v) is 26.2. The van der Waals surface area contributed by atoms with Gasteiger partial charge in [-0.25, -0.2) is 4.98 Å². The number of unbranched alkanes of at least 4 members (excludes halogenated alkanes) is 1. The minimum absolute atomic E-state index is 0.529. The largest absolute Gasteiger partial charge is 0.457 e.